The zero-order valence-corrected chi connectivity index (χ0v) is 10.8. The number of aromatic amines is 1. The van der Waals surface area contributed by atoms with Gasteiger partial charge in [0.05, 0.1) is 24.8 Å². The minimum atomic E-state index is -0.693. The molecule has 1 aromatic carbocycles. The Kier molecular flexibility index (Phi) is 3.31. The van der Waals surface area contributed by atoms with Gasteiger partial charge in [-0.25, -0.2) is 8.78 Å². The first-order valence-electron chi connectivity index (χ1n) is 6.32. The van der Waals surface area contributed by atoms with Gasteiger partial charge in [-0.05, 0) is 6.92 Å². The van der Waals surface area contributed by atoms with Gasteiger partial charge in [0, 0.05) is 18.1 Å². The largest absolute Gasteiger partial charge is 0.459 e. The van der Waals surface area contributed by atoms with Crippen LogP contribution in [0.1, 0.15) is 12.0 Å². The smallest absolute Gasteiger partial charge is 0.295 e. The molecule has 1 aliphatic rings. The SMILES string of the molecule is Cc1c(F)cc2[nH]c(O[C@@H]3COC(CO)C3)nc2c1F. The third kappa shape index (κ3) is 2.23. The molecule has 2 N–H and O–H groups in total. The first kappa shape index (κ1) is 13.3. The van der Waals surface area contributed by atoms with Crippen molar-refractivity contribution in [2.75, 3.05) is 13.2 Å². The highest BCUT2D eigenvalue weighted by atomic mass is 19.1. The van der Waals surface area contributed by atoms with E-state index in [1.54, 1.807) is 0 Å². The van der Waals surface area contributed by atoms with E-state index >= 15 is 0 Å². The average molecular weight is 284 g/mol. The Bertz CT molecular complexity index is 644. The molecule has 0 radical (unpaired) electrons. The van der Waals surface area contributed by atoms with Crippen LogP contribution in [0.4, 0.5) is 8.78 Å². The van der Waals surface area contributed by atoms with Crippen molar-refractivity contribution >= 4 is 11.0 Å². The predicted molar refractivity (Wildman–Crippen MR) is 66.6 cm³/mol. The Balaban J connectivity index is 1.85. The van der Waals surface area contributed by atoms with Gasteiger partial charge in [-0.3, -0.25) is 0 Å². The number of halogens is 2. The number of aromatic nitrogens is 2. The zero-order chi connectivity index (χ0) is 14.3. The maximum Gasteiger partial charge on any atom is 0.295 e. The van der Waals surface area contributed by atoms with Crippen LogP contribution in [0, 0.1) is 18.6 Å². The van der Waals surface area contributed by atoms with Gasteiger partial charge in [0.15, 0.2) is 5.82 Å². The van der Waals surface area contributed by atoms with Crippen LogP contribution < -0.4 is 4.74 Å². The summed E-state index contributed by atoms with van der Waals surface area (Å²) in [6.45, 7) is 1.62. The third-order valence-electron chi connectivity index (χ3n) is 3.40. The van der Waals surface area contributed by atoms with Crippen molar-refractivity contribution in [3.05, 3.63) is 23.3 Å². The van der Waals surface area contributed by atoms with Crippen molar-refractivity contribution in [2.45, 2.75) is 25.6 Å². The standard InChI is InChI=1S/C13H14F2N2O3/c1-6-9(14)3-10-12(11(6)15)17-13(16-10)20-8-2-7(4-18)19-5-8/h3,7-8,18H,2,4-5H2,1H3,(H,16,17)/t7?,8-/m0/s1. The quantitative estimate of drug-likeness (QED) is 0.900. The molecular weight excluding hydrogens is 270 g/mol. The van der Waals surface area contributed by atoms with Crippen LogP contribution in [-0.2, 0) is 4.74 Å². The van der Waals surface area contributed by atoms with Crippen molar-refractivity contribution in [1.82, 2.24) is 9.97 Å². The van der Waals surface area contributed by atoms with E-state index in [0.29, 0.717) is 13.0 Å². The number of benzene rings is 1. The molecule has 0 aliphatic carbocycles. The molecule has 5 nitrogen and oxygen atoms in total. The van der Waals surface area contributed by atoms with Crippen molar-refractivity contribution in [1.29, 1.82) is 0 Å². The molecule has 0 spiro atoms. The lowest BCUT2D eigenvalue weighted by Gasteiger charge is -2.08. The molecule has 1 unspecified atom stereocenters. The maximum atomic E-state index is 13.9. The number of imidazole rings is 1. The number of rotatable bonds is 3. The van der Waals surface area contributed by atoms with Crippen molar-refractivity contribution in [3.8, 4) is 6.01 Å². The van der Waals surface area contributed by atoms with E-state index in [2.05, 4.69) is 9.97 Å². The number of fused-ring (bicyclic) bond motifs is 1. The first-order chi connectivity index (χ1) is 9.58. The van der Waals surface area contributed by atoms with Crippen molar-refractivity contribution in [3.63, 3.8) is 0 Å². The summed E-state index contributed by atoms with van der Waals surface area (Å²) in [5.74, 6) is -1.32. The van der Waals surface area contributed by atoms with Crippen LogP contribution >= 0.6 is 0 Å². The summed E-state index contributed by atoms with van der Waals surface area (Å²) in [7, 11) is 0. The molecule has 7 heteroatoms. The molecule has 1 aromatic heterocycles. The summed E-state index contributed by atoms with van der Waals surface area (Å²) in [6.07, 6.45) is 0.0196. The van der Waals surface area contributed by atoms with E-state index < -0.39 is 11.6 Å². The molecule has 2 heterocycles. The van der Waals surface area contributed by atoms with E-state index in [-0.39, 0.29) is 41.4 Å². The summed E-state index contributed by atoms with van der Waals surface area (Å²) in [5, 5.41) is 8.97. The van der Waals surface area contributed by atoms with Crippen molar-refractivity contribution in [2.24, 2.45) is 0 Å². The third-order valence-corrected chi connectivity index (χ3v) is 3.40. The molecule has 1 aliphatic heterocycles. The Morgan fingerprint density at radius 2 is 2.35 bits per heavy atom. The van der Waals surface area contributed by atoms with Gasteiger partial charge in [0.25, 0.3) is 6.01 Å². The van der Waals surface area contributed by atoms with Gasteiger partial charge in [0.1, 0.15) is 17.4 Å². The van der Waals surface area contributed by atoms with E-state index in [4.69, 9.17) is 14.6 Å². The fourth-order valence-electron chi connectivity index (χ4n) is 2.25. The number of aliphatic hydroxyl groups excluding tert-OH is 1. The molecule has 0 saturated carbocycles. The molecule has 1 fully saturated rings. The van der Waals surface area contributed by atoms with Crippen LogP contribution in [-0.4, -0.2) is 40.5 Å². The zero-order valence-electron chi connectivity index (χ0n) is 10.8. The Labute approximate surface area is 113 Å². The maximum absolute atomic E-state index is 13.9. The van der Waals surface area contributed by atoms with Gasteiger partial charge in [-0.2, -0.15) is 4.98 Å². The van der Waals surface area contributed by atoms with E-state index in [9.17, 15) is 8.78 Å². The van der Waals surface area contributed by atoms with Crippen LogP contribution in [0.25, 0.3) is 11.0 Å². The number of nitrogens with zero attached hydrogens (tertiary/aromatic N) is 1. The van der Waals surface area contributed by atoms with Crippen LogP contribution in [0.15, 0.2) is 6.07 Å². The lowest BCUT2D eigenvalue weighted by molar-refractivity contribution is 0.0528. The second-order valence-electron chi connectivity index (χ2n) is 4.85. The normalized spacial score (nSPS) is 22.6. The second kappa shape index (κ2) is 4.99. The molecular formula is C13H14F2N2O3. The Hall–Kier alpha value is -1.73. The van der Waals surface area contributed by atoms with Gasteiger partial charge < -0.3 is 19.6 Å². The number of hydrogen-bond acceptors (Lipinski definition) is 4. The van der Waals surface area contributed by atoms with E-state index in [1.807, 2.05) is 0 Å². The highest BCUT2D eigenvalue weighted by molar-refractivity contribution is 5.77. The molecule has 1 saturated heterocycles. The number of hydrogen-bond donors (Lipinski definition) is 2. The summed E-state index contributed by atoms with van der Waals surface area (Å²) in [6, 6.07) is 1.31. The summed E-state index contributed by atoms with van der Waals surface area (Å²) >= 11 is 0. The highest BCUT2D eigenvalue weighted by Crippen LogP contribution is 2.25. The predicted octanol–water partition coefficient (Wildman–Crippen LogP) is 1.68. The number of ether oxygens (including phenoxy) is 2. The van der Waals surface area contributed by atoms with Gasteiger partial charge in [-0.1, -0.05) is 0 Å². The van der Waals surface area contributed by atoms with Gasteiger partial charge >= 0.3 is 0 Å². The molecule has 0 amide bonds. The number of nitrogens with one attached hydrogen (secondary N) is 1. The minimum Gasteiger partial charge on any atom is -0.459 e. The molecule has 2 aromatic rings. The average Bonchev–Trinajstić information content (AvgIpc) is 3.03. The minimum absolute atomic E-state index is 0.0523. The molecule has 3 rings (SSSR count). The number of aliphatic hydroxyl groups is 1. The van der Waals surface area contributed by atoms with Crippen LogP contribution in [0.3, 0.4) is 0 Å². The fourth-order valence-corrected chi connectivity index (χ4v) is 2.25. The highest BCUT2D eigenvalue weighted by Gasteiger charge is 2.27. The second-order valence-corrected chi connectivity index (χ2v) is 4.85. The van der Waals surface area contributed by atoms with E-state index in [1.165, 1.54) is 13.0 Å². The summed E-state index contributed by atoms with van der Waals surface area (Å²) in [5.41, 5.74) is 0.231. The fraction of sp³-hybridized carbons (Fsp3) is 0.462. The Morgan fingerprint density at radius 3 is 3.05 bits per heavy atom. The molecule has 0 bridgehead atoms. The molecule has 2 atom stereocenters. The van der Waals surface area contributed by atoms with Crippen molar-refractivity contribution < 1.29 is 23.4 Å². The van der Waals surface area contributed by atoms with Crippen LogP contribution in [0.5, 0.6) is 6.01 Å². The monoisotopic (exact) mass is 284 g/mol. The first-order valence-corrected chi connectivity index (χ1v) is 6.32. The van der Waals surface area contributed by atoms with E-state index in [0.717, 1.165) is 0 Å². The number of H-pyrrole nitrogens is 1. The van der Waals surface area contributed by atoms with Crippen LogP contribution in [0.2, 0.25) is 0 Å². The molecule has 20 heavy (non-hydrogen) atoms. The topological polar surface area (TPSA) is 67.4 Å². The summed E-state index contributed by atoms with van der Waals surface area (Å²) in [4.78, 5) is 6.72. The molecule has 108 valence electrons. The lowest BCUT2D eigenvalue weighted by atomic mass is 10.2. The van der Waals surface area contributed by atoms with Gasteiger partial charge in [-0.15, -0.1) is 0 Å². The summed E-state index contributed by atoms with van der Waals surface area (Å²) < 4.78 is 38.1. The lowest BCUT2D eigenvalue weighted by Crippen LogP contribution is -2.17. The Morgan fingerprint density at radius 1 is 1.55 bits per heavy atom. The van der Waals surface area contributed by atoms with Gasteiger partial charge in [0.2, 0.25) is 0 Å².